The predicted octanol–water partition coefficient (Wildman–Crippen LogP) is 3.11. The Hall–Kier alpha value is -2.49. The molecular formula is C21H26FN3O4S. The van der Waals surface area contributed by atoms with Gasteiger partial charge in [-0.1, -0.05) is 38.8 Å². The topological polar surface area (TPSA) is 107 Å². The second kappa shape index (κ2) is 10.5. The number of phenolic OH excluding ortho intramolecular Hbond substituents is 1. The van der Waals surface area contributed by atoms with Gasteiger partial charge in [0.25, 0.3) is 0 Å². The highest BCUT2D eigenvalue weighted by molar-refractivity contribution is 7.81. The van der Waals surface area contributed by atoms with Crippen LogP contribution in [0.3, 0.4) is 0 Å². The molecule has 0 radical (unpaired) electrons. The predicted molar refractivity (Wildman–Crippen MR) is 117 cm³/mol. The van der Waals surface area contributed by atoms with E-state index in [0.29, 0.717) is 34.7 Å². The highest BCUT2D eigenvalue weighted by atomic mass is 32.1. The fourth-order valence-corrected chi connectivity index (χ4v) is 3.00. The fourth-order valence-electron chi connectivity index (χ4n) is 2.91. The van der Waals surface area contributed by atoms with E-state index in [1.165, 1.54) is 22.5 Å². The van der Waals surface area contributed by atoms with Crippen LogP contribution in [0, 0.1) is 5.82 Å². The lowest BCUT2D eigenvalue weighted by atomic mass is 9.97. The van der Waals surface area contributed by atoms with Crippen LogP contribution in [0.25, 0.3) is 17.3 Å². The minimum atomic E-state index is -1.01. The van der Waals surface area contributed by atoms with Gasteiger partial charge in [0.2, 0.25) is 5.95 Å². The summed E-state index contributed by atoms with van der Waals surface area (Å²) in [6.45, 7) is 3.86. The summed E-state index contributed by atoms with van der Waals surface area (Å²) in [5, 5.41) is 30.2. The smallest absolute Gasteiger partial charge is 0.235 e. The number of aliphatic hydroxyl groups is 2. The van der Waals surface area contributed by atoms with Crippen molar-refractivity contribution in [3.8, 4) is 17.0 Å². The minimum absolute atomic E-state index is 0.0122. The van der Waals surface area contributed by atoms with E-state index in [1.807, 2.05) is 13.8 Å². The van der Waals surface area contributed by atoms with Gasteiger partial charge in [-0.25, -0.2) is 14.4 Å². The van der Waals surface area contributed by atoms with Gasteiger partial charge >= 0.3 is 0 Å². The van der Waals surface area contributed by atoms with E-state index < -0.39 is 18.0 Å². The van der Waals surface area contributed by atoms with Gasteiger partial charge in [0.05, 0.1) is 23.6 Å². The van der Waals surface area contributed by atoms with Crippen LogP contribution in [0.1, 0.15) is 43.9 Å². The number of nitrogens with zero attached hydrogens (tertiary/aromatic N) is 3. The summed E-state index contributed by atoms with van der Waals surface area (Å²) in [7, 11) is 1.66. The number of anilines is 1. The number of aromatic nitrogens is 2. The zero-order valence-electron chi connectivity index (χ0n) is 17.0. The second-order valence-corrected chi connectivity index (χ2v) is 7.83. The van der Waals surface area contributed by atoms with E-state index in [2.05, 4.69) is 22.8 Å². The van der Waals surface area contributed by atoms with Crippen LogP contribution in [0.5, 0.6) is 5.75 Å². The monoisotopic (exact) mass is 435 g/mol. The lowest BCUT2D eigenvalue weighted by Gasteiger charge is -2.19. The molecule has 0 fully saturated rings. The van der Waals surface area contributed by atoms with Gasteiger partial charge in [-0.15, -0.1) is 0 Å². The van der Waals surface area contributed by atoms with E-state index in [4.69, 9.17) is 0 Å². The van der Waals surface area contributed by atoms with Crippen LogP contribution >= 0.6 is 12.8 Å². The Balaban J connectivity index is 2.61. The van der Waals surface area contributed by atoms with Crippen LogP contribution in [-0.2, 0) is 4.79 Å². The molecule has 0 aliphatic heterocycles. The Morgan fingerprint density at radius 2 is 1.97 bits per heavy atom. The van der Waals surface area contributed by atoms with Crippen LogP contribution in [0.2, 0.25) is 0 Å². The number of hydrogen-bond acceptors (Lipinski definition) is 8. The Morgan fingerprint density at radius 3 is 2.53 bits per heavy atom. The highest BCUT2D eigenvalue weighted by Gasteiger charge is 2.20. The molecule has 0 saturated carbocycles. The molecule has 0 spiro atoms. The summed E-state index contributed by atoms with van der Waals surface area (Å²) in [6.07, 6.45) is 1.62. The standard InChI is InChI=1S/C21H26FN3O4S/c1-12(2)19-17(7-5-14(27)11-15(28)8-9-26)20(24-21(23-19)25(3)30)16-6-4-13(22)10-18(16)29/h4-7,9-10,12,14-15,27-30H,8,11H2,1-3H3/b7-5+/t14-,15+/m1/s1. The summed E-state index contributed by atoms with van der Waals surface area (Å²) in [5.41, 5.74) is 1.82. The zero-order valence-corrected chi connectivity index (χ0v) is 17.9. The summed E-state index contributed by atoms with van der Waals surface area (Å²) >= 11 is 4.25. The number of thiol groups is 1. The van der Waals surface area contributed by atoms with Crippen molar-refractivity contribution in [2.24, 2.45) is 0 Å². The third-order valence-electron chi connectivity index (χ3n) is 4.38. The average Bonchev–Trinajstić information content (AvgIpc) is 2.65. The number of carbonyl (C=O) groups is 1. The van der Waals surface area contributed by atoms with E-state index in [1.54, 1.807) is 13.1 Å². The molecule has 9 heteroatoms. The Labute approximate surface area is 180 Å². The summed E-state index contributed by atoms with van der Waals surface area (Å²) < 4.78 is 14.9. The zero-order chi connectivity index (χ0) is 22.4. The Morgan fingerprint density at radius 1 is 1.27 bits per heavy atom. The normalized spacial score (nSPS) is 13.6. The van der Waals surface area contributed by atoms with E-state index in [9.17, 15) is 24.5 Å². The van der Waals surface area contributed by atoms with E-state index >= 15 is 0 Å². The summed E-state index contributed by atoms with van der Waals surface area (Å²) in [5.74, 6) is -0.621. The van der Waals surface area contributed by atoms with Crippen molar-refractivity contribution in [1.82, 2.24) is 9.97 Å². The molecule has 0 bridgehead atoms. The van der Waals surface area contributed by atoms with Gasteiger partial charge < -0.3 is 20.1 Å². The molecule has 2 atom stereocenters. The third-order valence-corrected chi connectivity index (χ3v) is 4.56. The van der Waals surface area contributed by atoms with Gasteiger partial charge in [0.1, 0.15) is 17.9 Å². The van der Waals surface area contributed by atoms with E-state index in [0.717, 1.165) is 6.07 Å². The molecule has 2 rings (SSSR count). The van der Waals surface area contributed by atoms with Crippen molar-refractivity contribution >= 4 is 31.1 Å². The van der Waals surface area contributed by atoms with Crippen LogP contribution in [0.4, 0.5) is 10.3 Å². The molecule has 2 aromatic rings. The SMILES string of the molecule is CC(C)c1nc(N(C)S)nc(-c2ccc(F)cc2O)c1/C=C/[C@@H](O)C[C@@H](O)CC=O. The van der Waals surface area contributed by atoms with Crippen molar-refractivity contribution < 1.29 is 24.5 Å². The number of hydrogen-bond donors (Lipinski definition) is 4. The van der Waals surface area contributed by atoms with Crippen molar-refractivity contribution in [3.05, 3.63) is 41.3 Å². The van der Waals surface area contributed by atoms with Crippen molar-refractivity contribution in [2.75, 3.05) is 11.4 Å². The van der Waals surface area contributed by atoms with Crippen molar-refractivity contribution in [3.63, 3.8) is 0 Å². The highest BCUT2D eigenvalue weighted by Crippen LogP contribution is 2.36. The number of phenols is 1. The maximum Gasteiger partial charge on any atom is 0.235 e. The molecule has 0 aliphatic rings. The van der Waals surface area contributed by atoms with Gasteiger partial charge in [-0.2, -0.15) is 0 Å². The van der Waals surface area contributed by atoms with E-state index in [-0.39, 0.29) is 24.5 Å². The molecule has 3 N–H and O–H groups in total. The molecule has 1 heterocycles. The average molecular weight is 436 g/mol. The minimum Gasteiger partial charge on any atom is -0.507 e. The first-order valence-corrected chi connectivity index (χ1v) is 9.85. The number of benzene rings is 1. The molecule has 0 aliphatic carbocycles. The van der Waals surface area contributed by atoms with Gasteiger partial charge in [-0.3, -0.25) is 4.31 Å². The van der Waals surface area contributed by atoms with Gasteiger partial charge in [0.15, 0.2) is 0 Å². The number of halogens is 1. The van der Waals surface area contributed by atoms with Crippen molar-refractivity contribution in [2.45, 2.75) is 44.8 Å². The number of aromatic hydroxyl groups is 1. The number of aldehydes is 1. The van der Waals surface area contributed by atoms with Crippen LogP contribution in [-0.4, -0.2) is 50.8 Å². The molecule has 30 heavy (non-hydrogen) atoms. The number of rotatable bonds is 9. The molecular weight excluding hydrogens is 409 g/mol. The lowest BCUT2D eigenvalue weighted by Crippen LogP contribution is -2.16. The molecule has 1 aromatic carbocycles. The molecule has 1 aromatic heterocycles. The maximum absolute atomic E-state index is 13.5. The summed E-state index contributed by atoms with van der Waals surface area (Å²) in [6, 6.07) is 3.63. The molecule has 0 saturated heterocycles. The molecule has 0 amide bonds. The molecule has 7 nitrogen and oxygen atoms in total. The largest absolute Gasteiger partial charge is 0.507 e. The lowest BCUT2D eigenvalue weighted by molar-refractivity contribution is -0.109. The third kappa shape index (κ3) is 6.01. The number of aliphatic hydroxyl groups excluding tert-OH is 2. The molecule has 162 valence electrons. The summed E-state index contributed by atoms with van der Waals surface area (Å²) in [4.78, 5) is 19.5. The van der Waals surface area contributed by atoms with Gasteiger partial charge in [-0.05, 0) is 18.1 Å². The fraction of sp³-hybridized carbons (Fsp3) is 0.381. The second-order valence-electron chi connectivity index (χ2n) is 7.23. The van der Waals surface area contributed by atoms with Crippen LogP contribution < -0.4 is 4.31 Å². The molecule has 0 unspecified atom stereocenters. The maximum atomic E-state index is 13.5. The quantitative estimate of drug-likeness (QED) is 0.354. The Kier molecular flexibility index (Phi) is 8.33. The first-order chi connectivity index (χ1) is 14.1. The van der Waals surface area contributed by atoms with Crippen molar-refractivity contribution in [1.29, 1.82) is 0 Å². The first-order valence-electron chi connectivity index (χ1n) is 9.45. The van der Waals surface area contributed by atoms with Gasteiger partial charge in [0, 0.05) is 37.1 Å². The number of carbonyl (C=O) groups excluding carboxylic acids is 1. The first kappa shape index (κ1) is 23.8. The van der Waals surface area contributed by atoms with Crippen LogP contribution in [0.15, 0.2) is 24.3 Å². The Bertz CT molecular complexity index is 921.